The number of hydrazine groups is 1. The van der Waals surface area contributed by atoms with Crippen molar-refractivity contribution in [2.24, 2.45) is 5.84 Å². The highest BCUT2D eigenvalue weighted by molar-refractivity contribution is 5.46. The lowest BCUT2D eigenvalue weighted by Gasteiger charge is -2.19. The molecule has 0 saturated heterocycles. The van der Waals surface area contributed by atoms with Gasteiger partial charge in [-0.25, -0.2) is 14.2 Å². The van der Waals surface area contributed by atoms with E-state index in [1.54, 1.807) is 18.2 Å². The third-order valence-corrected chi connectivity index (χ3v) is 3.20. The fourth-order valence-corrected chi connectivity index (χ4v) is 2.14. The number of hydrogen-bond acceptors (Lipinski definition) is 4. The minimum absolute atomic E-state index is 0.115. The van der Waals surface area contributed by atoms with Crippen LogP contribution in [0.15, 0.2) is 36.4 Å². The highest BCUT2D eigenvalue weighted by atomic mass is 19.2. The molecule has 4 nitrogen and oxygen atoms in total. The van der Waals surface area contributed by atoms with Gasteiger partial charge in [0.1, 0.15) is 0 Å². The van der Waals surface area contributed by atoms with Crippen molar-refractivity contribution in [3.63, 3.8) is 0 Å². The highest BCUT2D eigenvalue weighted by Gasteiger charge is 2.20. The molecule has 112 valence electrons. The van der Waals surface area contributed by atoms with Gasteiger partial charge >= 0.3 is 0 Å². The zero-order chi connectivity index (χ0) is 15.4. The number of benzene rings is 2. The average molecular weight is 294 g/mol. The number of nitrogens with two attached hydrogens (primary N) is 1. The molecule has 3 N–H and O–H groups in total. The van der Waals surface area contributed by atoms with Gasteiger partial charge in [-0.2, -0.15) is 0 Å². The number of methoxy groups -OCH3 is 2. The number of hydrogen-bond donors (Lipinski definition) is 2. The molecular formula is C15H16F2N2O2. The van der Waals surface area contributed by atoms with Gasteiger partial charge in [0.15, 0.2) is 23.1 Å². The van der Waals surface area contributed by atoms with Crippen molar-refractivity contribution in [3.05, 3.63) is 59.2 Å². The van der Waals surface area contributed by atoms with Crippen LogP contribution in [-0.4, -0.2) is 14.2 Å². The maximum Gasteiger partial charge on any atom is 0.163 e. The minimum Gasteiger partial charge on any atom is -0.493 e. The van der Waals surface area contributed by atoms with Gasteiger partial charge in [0, 0.05) is 5.56 Å². The van der Waals surface area contributed by atoms with E-state index in [0.29, 0.717) is 17.1 Å². The molecule has 0 aliphatic rings. The molecule has 0 bridgehead atoms. The first-order valence-electron chi connectivity index (χ1n) is 6.24. The SMILES string of the molecule is COc1ccc(C(NN)c2cccc(F)c2F)cc1OC. The molecule has 0 saturated carbocycles. The zero-order valence-electron chi connectivity index (χ0n) is 11.7. The fourth-order valence-electron chi connectivity index (χ4n) is 2.14. The lowest BCUT2D eigenvalue weighted by Crippen LogP contribution is -2.29. The summed E-state index contributed by atoms with van der Waals surface area (Å²) >= 11 is 0. The van der Waals surface area contributed by atoms with Crippen molar-refractivity contribution in [2.45, 2.75) is 6.04 Å². The molecule has 0 spiro atoms. The van der Waals surface area contributed by atoms with Crippen LogP contribution in [-0.2, 0) is 0 Å². The molecule has 1 atom stereocenters. The quantitative estimate of drug-likeness (QED) is 0.657. The van der Waals surface area contributed by atoms with E-state index >= 15 is 0 Å². The van der Waals surface area contributed by atoms with Gasteiger partial charge in [-0.15, -0.1) is 0 Å². The Morgan fingerprint density at radius 2 is 1.76 bits per heavy atom. The predicted molar refractivity (Wildman–Crippen MR) is 75.1 cm³/mol. The summed E-state index contributed by atoms with van der Waals surface area (Å²) < 4.78 is 37.6. The molecular weight excluding hydrogens is 278 g/mol. The van der Waals surface area contributed by atoms with Gasteiger partial charge in [0.05, 0.1) is 20.3 Å². The van der Waals surface area contributed by atoms with E-state index in [1.165, 1.54) is 26.4 Å². The van der Waals surface area contributed by atoms with Crippen LogP contribution in [0.2, 0.25) is 0 Å². The predicted octanol–water partition coefficient (Wildman–Crippen LogP) is 2.53. The normalized spacial score (nSPS) is 12.0. The Kier molecular flexibility index (Phi) is 4.72. The summed E-state index contributed by atoms with van der Waals surface area (Å²) in [5, 5.41) is 0. The summed E-state index contributed by atoms with van der Waals surface area (Å²) in [6.45, 7) is 0. The molecule has 0 heterocycles. The Bertz CT molecular complexity index is 635. The van der Waals surface area contributed by atoms with E-state index < -0.39 is 17.7 Å². The summed E-state index contributed by atoms with van der Waals surface area (Å²) in [6.07, 6.45) is 0. The van der Waals surface area contributed by atoms with E-state index in [2.05, 4.69) is 5.43 Å². The fraction of sp³-hybridized carbons (Fsp3) is 0.200. The lowest BCUT2D eigenvalue weighted by molar-refractivity contribution is 0.354. The first-order valence-corrected chi connectivity index (χ1v) is 6.24. The van der Waals surface area contributed by atoms with E-state index in [0.717, 1.165) is 6.07 Å². The molecule has 0 fully saturated rings. The third-order valence-electron chi connectivity index (χ3n) is 3.20. The molecule has 0 aromatic heterocycles. The van der Waals surface area contributed by atoms with E-state index in [9.17, 15) is 8.78 Å². The van der Waals surface area contributed by atoms with Crippen LogP contribution in [0.3, 0.4) is 0 Å². The molecule has 21 heavy (non-hydrogen) atoms. The van der Waals surface area contributed by atoms with E-state index in [4.69, 9.17) is 15.3 Å². The van der Waals surface area contributed by atoms with Gasteiger partial charge in [-0.05, 0) is 23.8 Å². The van der Waals surface area contributed by atoms with Crippen molar-refractivity contribution in [1.82, 2.24) is 5.43 Å². The Labute approximate surface area is 121 Å². The Hall–Kier alpha value is -2.18. The Morgan fingerprint density at radius 3 is 2.38 bits per heavy atom. The number of nitrogens with one attached hydrogen (secondary N) is 1. The van der Waals surface area contributed by atoms with Crippen LogP contribution in [0.25, 0.3) is 0 Å². The van der Waals surface area contributed by atoms with Crippen LogP contribution >= 0.6 is 0 Å². The molecule has 0 aliphatic heterocycles. The number of halogens is 2. The molecule has 0 amide bonds. The molecule has 0 aliphatic carbocycles. The van der Waals surface area contributed by atoms with E-state index in [1.807, 2.05) is 0 Å². The average Bonchev–Trinajstić information content (AvgIpc) is 2.51. The first kappa shape index (κ1) is 15.2. The van der Waals surface area contributed by atoms with Crippen LogP contribution in [0.1, 0.15) is 17.2 Å². The van der Waals surface area contributed by atoms with Crippen LogP contribution in [0.5, 0.6) is 11.5 Å². The zero-order valence-corrected chi connectivity index (χ0v) is 11.7. The smallest absolute Gasteiger partial charge is 0.163 e. The Balaban J connectivity index is 2.49. The van der Waals surface area contributed by atoms with Crippen molar-refractivity contribution in [3.8, 4) is 11.5 Å². The lowest BCUT2D eigenvalue weighted by atomic mass is 9.98. The van der Waals surface area contributed by atoms with Crippen molar-refractivity contribution >= 4 is 0 Å². The monoisotopic (exact) mass is 294 g/mol. The molecule has 1 unspecified atom stereocenters. The maximum atomic E-state index is 13.9. The van der Waals surface area contributed by atoms with Crippen molar-refractivity contribution in [2.75, 3.05) is 14.2 Å². The molecule has 2 rings (SSSR count). The van der Waals surface area contributed by atoms with Crippen LogP contribution < -0.4 is 20.7 Å². The van der Waals surface area contributed by atoms with Gasteiger partial charge in [0.25, 0.3) is 0 Å². The standard InChI is InChI=1S/C15H16F2N2O2/c1-20-12-7-6-9(8-13(12)21-2)15(19-18)10-4-3-5-11(16)14(10)17/h3-8,15,19H,18H2,1-2H3. The summed E-state index contributed by atoms with van der Waals surface area (Å²) in [6, 6.07) is 8.29. The minimum atomic E-state index is -0.935. The third kappa shape index (κ3) is 2.96. The second kappa shape index (κ2) is 6.51. The topological polar surface area (TPSA) is 56.5 Å². The van der Waals surface area contributed by atoms with Crippen molar-refractivity contribution < 1.29 is 18.3 Å². The summed E-state index contributed by atoms with van der Waals surface area (Å²) in [5.41, 5.74) is 3.23. The largest absolute Gasteiger partial charge is 0.493 e. The molecule has 2 aromatic carbocycles. The van der Waals surface area contributed by atoms with Crippen LogP contribution in [0.4, 0.5) is 8.78 Å². The highest BCUT2D eigenvalue weighted by Crippen LogP contribution is 2.32. The van der Waals surface area contributed by atoms with E-state index in [-0.39, 0.29) is 5.56 Å². The summed E-state index contributed by atoms with van der Waals surface area (Å²) in [7, 11) is 3.01. The second-order valence-electron chi connectivity index (χ2n) is 4.36. The van der Waals surface area contributed by atoms with Gasteiger partial charge in [0.2, 0.25) is 0 Å². The molecule has 6 heteroatoms. The molecule has 2 aromatic rings. The maximum absolute atomic E-state index is 13.9. The number of rotatable bonds is 5. The van der Waals surface area contributed by atoms with Gasteiger partial charge in [-0.1, -0.05) is 18.2 Å². The first-order chi connectivity index (χ1) is 10.1. The van der Waals surface area contributed by atoms with Crippen molar-refractivity contribution in [1.29, 1.82) is 0 Å². The van der Waals surface area contributed by atoms with Gasteiger partial charge < -0.3 is 9.47 Å². The molecule has 0 radical (unpaired) electrons. The number of ether oxygens (including phenoxy) is 2. The summed E-state index contributed by atoms with van der Waals surface area (Å²) in [5.74, 6) is 4.67. The Morgan fingerprint density at radius 1 is 1.05 bits per heavy atom. The van der Waals surface area contributed by atoms with Crippen LogP contribution in [0, 0.1) is 11.6 Å². The summed E-state index contributed by atoms with van der Waals surface area (Å²) in [4.78, 5) is 0. The van der Waals surface area contributed by atoms with Gasteiger partial charge in [-0.3, -0.25) is 5.84 Å². The second-order valence-corrected chi connectivity index (χ2v) is 4.36.